The lowest BCUT2D eigenvalue weighted by Gasteiger charge is -2.10. The highest BCUT2D eigenvalue weighted by atomic mass is 16.5. The van der Waals surface area contributed by atoms with Crippen molar-refractivity contribution in [2.45, 2.75) is 13.0 Å². The molecule has 0 bridgehead atoms. The lowest BCUT2D eigenvalue weighted by atomic mass is 10.1. The van der Waals surface area contributed by atoms with Gasteiger partial charge in [-0.15, -0.1) is 0 Å². The van der Waals surface area contributed by atoms with E-state index >= 15 is 0 Å². The maximum absolute atomic E-state index is 5.32. The molecule has 0 aliphatic heterocycles. The quantitative estimate of drug-likeness (QED) is 0.761. The van der Waals surface area contributed by atoms with Gasteiger partial charge in [0.2, 0.25) is 0 Å². The molecule has 0 radical (unpaired) electrons. The summed E-state index contributed by atoms with van der Waals surface area (Å²) in [5.41, 5.74) is 2.47. The lowest BCUT2D eigenvalue weighted by molar-refractivity contribution is 0.354. The van der Waals surface area contributed by atoms with Crippen LogP contribution in [0.2, 0.25) is 0 Å². The van der Waals surface area contributed by atoms with Gasteiger partial charge in [-0.05, 0) is 48.4 Å². The van der Waals surface area contributed by atoms with Gasteiger partial charge in [-0.3, -0.25) is 0 Å². The van der Waals surface area contributed by atoms with Crippen LogP contribution in [0.25, 0.3) is 0 Å². The predicted molar refractivity (Wildman–Crippen MR) is 88.0 cm³/mol. The molecule has 0 aliphatic carbocycles. The Labute approximate surface area is 132 Å². The van der Waals surface area contributed by atoms with Gasteiger partial charge >= 0.3 is 0 Å². The second kappa shape index (κ2) is 8.29. The Kier molecular flexibility index (Phi) is 6.10. The standard InChI is InChI=1S/C18H23NO3/c1-20-16-7-4-15(5-8-16)13-19-11-10-14-6-9-17(21-2)18(12-14)22-3/h4-9,12,19H,10-11,13H2,1-3H3. The second-order valence-electron chi connectivity index (χ2n) is 4.96. The average molecular weight is 301 g/mol. The zero-order valence-corrected chi connectivity index (χ0v) is 13.4. The summed E-state index contributed by atoms with van der Waals surface area (Å²) in [5, 5.41) is 3.44. The molecule has 0 amide bonds. The van der Waals surface area contributed by atoms with E-state index < -0.39 is 0 Å². The highest BCUT2D eigenvalue weighted by Crippen LogP contribution is 2.27. The van der Waals surface area contributed by atoms with Crippen molar-refractivity contribution in [1.82, 2.24) is 5.32 Å². The fraction of sp³-hybridized carbons (Fsp3) is 0.333. The van der Waals surface area contributed by atoms with Crippen molar-refractivity contribution < 1.29 is 14.2 Å². The van der Waals surface area contributed by atoms with Gasteiger partial charge in [0.05, 0.1) is 21.3 Å². The van der Waals surface area contributed by atoms with Crippen molar-refractivity contribution in [2.24, 2.45) is 0 Å². The van der Waals surface area contributed by atoms with Crippen LogP contribution in [0.1, 0.15) is 11.1 Å². The molecule has 0 spiro atoms. The number of benzene rings is 2. The van der Waals surface area contributed by atoms with E-state index in [0.29, 0.717) is 0 Å². The van der Waals surface area contributed by atoms with Gasteiger partial charge in [0.15, 0.2) is 11.5 Å². The maximum atomic E-state index is 5.32. The molecule has 0 aliphatic rings. The first-order chi connectivity index (χ1) is 10.8. The summed E-state index contributed by atoms with van der Waals surface area (Å²) in [7, 11) is 4.98. The molecule has 2 aromatic carbocycles. The molecule has 2 rings (SSSR count). The third-order valence-corrected chi connectivity index (χ3v) is 3.53. The minimum Gasteiger partial charge on any atom is -0.497 e. The Bertz CT molecular complexity index is 581. The minimum atomic E-state index is 0.762. The highest BCUT2D eigenvalue weighted by molar-refractivity contribution is 5.42. The van der Waals surface area contributed by atoms with Crippen LogP contribution in [0.5, 0.6) is 17.2 Å². The molecule has 0 atom stereocenters. The summed E-state index contributed by atoms with van der Waals surface area (Å²) >= 11 is 0. The maximum Gasteiger partial charge on any atom is 0.160 e. The summed E-state index contributed by atoms with van der Waals surface area (Å²) in [6.45, 7) is 1.75. The Morgan fingerprint density at radius 1 is 0.773 bits per heavy atom. The Balaban J connectivity index is 1.80. The molecular weight excluding hydrogens is 278 g/mol. The van der Waals surface area contributed by atoms with Crippen molar-refractivity contribution in [3.05, 3.63) is 53.6 Å². The van der Waals surface area contributed by atoms with Crippen LogP contribution in [-0.4, -0.2) is 27.9 Å². The van der Waals surface area contributed by atoms with Crippen molar-refractivity contribution in [3.8, 4) is 17.2 Å². The van der Waals surface area contributed by atoms with E-state index in [9.17, 15) is 0 Å². The van der Waals surface area contributed by atoms with E-state index in [1.165, 1.54) is 11.1 Å². The molecule has 0 saturated heterocycles. The molecular formula is C18H23NO3. The fourth-order valence-electron chi connectivity index (χ4n) is 2.24. The molecule has 0 aromatic heterocycles. The number of hydrogen-bond acceptors (Lipinski definition) is 4. The number of rotatable bonds is 8. The van der Waals surface area contributed by atoms with E-state index in [-0.39, 0.29) is 0 Å². The van der Waals surface area contributed by atoms with Crippen LogP contribution in [0, 0.1) is 0 Å². The topological polar surface area (TPSA) is 39.7 Å². The van der Waals surface area contributed by atoms with Gasteiger partial charge in [-0.2, -0.15) is 0 Å². The van der Waals surface area contributed by atoms with Crippen LogP contribution in [0.3, 0.4) is 0 Å². The summed E-state index contributed by atoms with van der Waals surface area (Å²) in [6, 6.07) is 14.1. The summed E-state index contributed by atoms with van der Waals surface area (Å²) in [5.74, 6) is 2.42. The average Bonchev–Trinajstić information content (AvgIpc) is 2.59. The van der Waals surface area contributed by atoms with Crippen LogP contribution < -0.4 is 19.5 Å². The normalized spacial score (nSPS) is 10.3. The van der Waals surface area contributed by atoms with Crippen LogP contribution in [0.4, 0.5) is 0 Å². The van der Waals surface area contributed by atoms with Gasteiger partial charge in [0.1, 0.15) is 5.75 Å². The number of methoxy groups -OCH3 is 3. The fourth-order valence-corrected chi connectivity index (χ4v) is 2.24. The Hall–Kier alpha value is -2.20. The third-order valence-electron chi connectivity index (χ3n) is 3.53. The molecule has 1 N–H and O–H groups in total. The molecule has 4 heteroatoms. The molecule has 0 saturated carbocycles. The molecule has 118 valence electrons. The summed E-state index contributed by atoms with van der Waals surface area (Å²) < 4.78 is 15.7. The van der Waals surface area contributed by atoms with E-state index in [2.05, 4.69) is 23.5 Å². The molecule has 22 heavy (non-hydrogen) atoms. The van der Waals surface area contributed by atoms with Gasteiger partial charge in [0.25, 0.3) is 0 Å². The molecule has 4 nitrogen and oxygen atoms in total. The smallest absolute Gasteiger partial charge is 0.160 e. The molecule has 2 aromatic rings. The summed E-state index contributed by atoms with van der Waals surface area (Å²) in [4.78, 5) is 0. The third kappa shape index (κ3) is 4.40. The SMILES string of the molecule is COc1ccc(CNCCc2ccc(OC)c(OC)c2)cc1. The number of nitrogens with one attached hydrogen (secondary N) is 1. The predicted octanol–water partition coefficient (Wildman–Crippen LogP) is 3.04. The monoisotopic (exact) mass is 301 g/mol. The molecule has 0 fully saturated rings. The first-order valence-electron chi connectivity index (χ1n) is 7.31. The zero-order valence-electron chi connectivity index (χ0n) is 13.4. The Morgan fingerprint density at radius 3 is 2.09 bits per heavy atom. The molecule has 0 heterocycles. The lowest BCUT2D eigenvalue weighted by Crippen LogP contribution is -2.16. The van der Waals surface area contributed by atoms with Gasteiger partial charge in [-0.25, -0.2) is 0 Å². The van der Waals surface area contributed by atoms with E-state index in [1.807, 2.05) is 24.3 Å². The van der Waals surface area contributed by atoms with Crippen molar-refractivity contribution >= 4 is 0 Å². The number of ether oxygens (including phenoxy) is 3. The van der Waals surface area contributed by atoms with Crippen LogP contribution in [-0.2, 0) is 13.0 Å². The highest BCUT2D eigenvalue weighted by Gasteiger charge is 2.04. The van der Waals surface area contributed by atoms with E-state index in [1.54, 1.807) is 21.3 Å². The summed E-state index contributed by atoms with van der Waals surface area (Å²) in [6.07, 6.45) is 0.941. The van der Waals surface area contributed by atoms with Crippen molar-refractivity contribution in [2.75, 3.05) is 27.9 Å². The van der Waals surface area contributed by atoms with Gasteiger partial charge in [0, 0.05) is 6.54 Å². The first kappa shape index (κ1) is 16.2. The van der Waals surface area contributed by atoms with Crippen LogP contribution in [0.15, 0.2) is 42.5 Å². The van der Waals surface area contributed by atoms with Crippen molar-refractivity contribution in [1.29, 1.82) is 0 Å². The van der Waals surface area contributed by atoms with E-state index in [0.717, 1.165) is 36.8 Å². The largest absolute Gasteiger partial charge is 0.497 e. The minimum absolute atomic E-state index is 0.762. The number of hydrogen-bond donors (Lipinski definition) is 1. The van der Waals surface area contributed by atoms with Crippen molar-refractivity contribution in [3.63, 3.8) is 0 Å². The van der Waals surface area contributed by atoms with E-state index in [4.69, 9.17) is 14.2 Å². The van der Waals surface area contributed by atoms with Gasteiger partial charge in [-0.1, -0.05) is 18.2 Å². The zero-order chi connectivity index (χ0) is 15.8. The second-order valence-corrected chi connectivity index (χ2v) is 4.96. The van der Waals surface area contributed by atoms with Gasteiger partial charge < -0.3 is 19.5 Å². The Morgan fingerprint density at radius 2 is 1.45 bits per heavy atom. The van der Waals surface area contributed by atoms with Crippen LogP contribution >= 0.6 is 0 Å². The first-order valence-corrected chi connectivity index (χ1v) is 7.31. The molecule has 0 unspecified atom stereocenters.